The van der Waals surface area contributed by atoms with Gasteiger partial charge in [-0.25, -0.2) is 0 Å². The molecule has 100 valence electrons. The number of amides is 1. The number of rotatable bonds is 5. The molecule has 0 aromatic carbocycles. The zero-order chi connectivity index (χ0) is 12.8. The molecule has 1 rings (SSSR count). The minimum Gasteiger partial charge on any atom is -0.353 e. The molecule has 3 heteroatoms. The predicted octanol–water partition coefficient (Wildman–Crippen LogP) is 2.32. The molecule has 1 aliphatic rings. The molecule has 0 spiro atoms. The van der Waals surface area contributed by atoms with Crippen LogP contribution in [0.2, 0.25) is 0 Å². The Balaban J connectivity index is 2.19. The van der Waals surface area contributed by atoms with E-state index in [-0.39, 0.29) is 18.0 Å². The smallest absolute Gasteiger partial charge is 0.237 e. The van der Waals surface area contributed by atoms with Crippen LogP contribution < -0.4 is 10.6 Å². The van der Waals surface area contributed by atoms with Crippen LogP contribution in [0, 0.1) is 11.8 Å². The van der Waals surface area contributed by atoms with Gasteiger partial charge in [-0.2, -0.15) is 0 Å². The summed E-state index contributed by atoms with van der Waals surface area (Å²) in [6, 6.07) is 0.152. The molecule has 17 heavy (non-hydrogen) atoms. The molecule has 1 aliphatic carbocycles. The fourth-order valence-electron chi connectivity index (χ4n) is 2.38. The van der Waals surface area contributed by atoms with E-state index >= 15 is 0 Å². The van der Waals surface area contributed by atoms with Gasteiger partial charge < -0.3 is 10.6 Å². The Hall–Kier alpha value is -0.570. The van der Waals surface area contributed by atoms with Gasteiger partial charge >= 0.3 is 0 Å². The average Bonchev–Trinajstić information content (AvgIpc) is 2.27. The fourth-order valence-corrected chi connectivity index (χ4v) is 2.38. The van der Waals surface area contributed by atoms with Crippen molar-refractivity contribution >= 4 is 5.91 Å². The second-order valence-corrected chi connectivity index (χ2v) is 5.92. The SMILES string of the molecule is CC1CCC(CNC(C)C(=O)NC(C)C)CC1. The molecule has 0 aliphatic heterocycles. The first kappa shape index (κ1) is 14.5. The Bertz CT molecular complexity index is 232. The van der Waals surface area contributed by atoms with E-state index in [0.717, 1.165) is 18.4 Å². The number of carbonyl (C=O) groups excluding carboxylic acids is 1. The summed E-state index contributed by atoms with van der Waals surface area (Å²) in [4.78, 5) is 11.7. The first-order chi connectivity index (χ1) is 7.99. The van der Waals surface area contributed by atoms with Crippen molar-refractivity contribution in [2.45, 2.75) is 65.5 Å². The first-order valence-electron chi connectivity index (χ1n) is 7.02. The van der Waals surface area contributed by atoms with Crippen molar-refractivity contribution in [1.29, 1.82) is 0 Å². The molecule has 3 nitrogen and oxygen atoms in total. The standard InChI is InChI=1S/C14H28N2O/c1-10(2)16-14(17)12(4)15-9-13-7-5-11(3)6-8-13/h10-13,15H,5-9H2,1-4H3,(H,16,17). The lowest BCUT2D eigenvalue weighted by Crippen LogP contribution is -2.46. The van der Waals surface area contributed by atoms with Gasteiger partial charge in [-0.1, -0.05) is 19.8 Å². The molecule has 0 bridgehead atoms. The molecule has 0 aromatic heterocycles. The van der Waals surface area contributed by atoms with Crippen molar-refractivity contribution in [1.82, 2.24) is 10.6 Å². The van der Waals surface area contributed by atoms with Crippen LogP contribution in [0.5, 0.6) is 0 Å². The summed E-state index contributed by atoms with van der Waals surface area (Å²) >= 11 is 0. The van der Waals surface area contributed by atoms with E-state index < -0.39 is 0 Å². The van der Waals surface area contributed by atoms with Gasteiger partial charge in [0.2, 0.25) is 5.91 Å². The highest BCUT2D eigenvalue weighted by atomic mass is 16.2. The van der Waals surface area contributed by atoms with Crippen LogP contribution in [-0.2, 0) is 4.79 Å². The Morgan fingerprint density at radius 3 is 2.29 bits per heavy atom. The summed E-state index contributed by atoms with van der Waals surface area (Å²) in [5.41, 5.74) is 0. The van der Waals surface area contributed by atoms with Gasteiger partial charge in [0.15, 0.2) is 0 Å². The normalized spacial score (nSPS) is 26.9. The molecule has 0 radical (unpaired) electrons. The summed E-state index contributed by atoms with van der Waals surface area (Å²) < 4.78 is 0. The van der Waals surface area contributed by atoms with E-state index in [0.29, 0.717) is 0 Å². The second-order valence-electron chi connectivity index (χ2n) is 5.92. The maximum absolute atomic E-state index is 11.7. The first-order valence-corrected chi connectivity index (χ1v) is 7.02. The molecule has 2 N–H and O–H groups in total. The highest BCUT2D eigenvalue weighted by molar-refractivity contribution is 5.81. The van der Waals surface area contributed by atoms with Crippen LogP contribution in [0.4, 0.5) is 0 Å². The van der Waals surface area contributed by atoms with Gasteiger partial charge in [-0.15, -0.1) is 0 Å². The van der Waals surface area contributed by atoms with Crippen LogP contribution in [-0.4, -0.2) is 24.5 Å². The van der Waals surface area contributed by atoms with Crippen LogP contribution in [0.1, 0.15) is 53.4 Å². The van der Waals surface area contributed by atoms with Gasteiger partial charge in [-0.05, 0) is 52.0 Å². The Morgan fingerprint density at radius 2 is 1.76 bits per heavy atom. The molecule has 0 saturated heterocycles. The highest BCUT2D eigenvalue weighted by Crippen LogP contribution is 2.27. The van der Waals surface area contributed by atoms with Gasteiger partial charge in [0.05, 0.1) is 6.04 Å². The third-order valence-corrected chi connectivity index (χ3v) is 3.67. The van der Waals surface area contributed by atoms with Crippen molar-refractivity contribution in [3.05, 3.63) is 0 Å². The van der Waals surface area contributed by atoms with Crippen molar-refractivity contribution in [3.8, 4) is 0 Å². The molecule has 0 heterocycles. The summed E-state index contributed by atoms with van der Waals surface area (Å²) in [6.45, 7) is 9.26. The molecule has 1 atom stereocenters. The van der Waals surface area contributed by atoms with Crippen LogP contribution in [0.25, 0.3) is 0 Å². The molecule has 1 fully saturated rings. The Kier molecular flexibility index (Phi) is 5.96. The highest BCUT2D eigenvalue weighted by Gasteiger charge is 2.20. The largest absolute Gasteiger partial charge is 0.353 e. The molecular weight excluding hydrogens is 212 g/mol. The van der Waals surface area contributed by atoms with Crippen LogP contribution >= 0.6 is 0 Å². The second kappa shape index (κ2) is 7.00. The molecule has 1 unspecified atom stereocenters. The number of nitrogens with one attached hydrogen (secondary N) is 2. The maximum Gasteiger partial charge on any atom is 0.237 e. The van der Waals surface area contributed by atoms with Crippen molar-refractivity contribution in [2.24, 2.45) is 11.8 Å². The van der Waals surface area contributed by atoms with Gasteiger partial charge in [-0.3, -0.25) is 4.79 Å². The van der Waals surface area contributed by atoms with E-state index in [1.54, 1.807) is 0 Å². The summed E-state index contributed by atoms with van der Waals surface area (Å²) in [5, 5.41) is 6.30. The van der Waals surface area contributed by atoms with Crippen molar-refractivity contribution < 1.29 is 4.79 Å². The van der Waals surface area contributed by atoms with Gasteiger partial charge in [0.25, 0.3) is 0 Å². The maximum atomic E-state index is 11.7. The minimum absolute atomic E-state index is 0.0725. The molecule has 0 aromatic rings. The average molecular weight is 240 g/mol. The van der Waals surface area contributed by atoms with E-state index in [4.69, 9.17) is 0 Å². The monoisotopic (exact) mass is 240 g/mol. The van der Waals surface area contributed by atoms with Crippen LogP contribution in [0.3, 0.4) is 0 Å². The van der Waals surface area contributed by atoms with Crippen molar-refractivity contribution in [3.63, 3.8) is 0 Å². The van der Waals surface area contributed by atoms with Crippen molar-refractivity contribution in [2.75, 3.05) is 6.54 Å². The zero-order valence-electron chi connectivity index (χ0n) is 11.8. The van der Waals surface area contributed by atoms with Gasteiger partial charge in [0, 0.05) is 6.04 Å². The fraction of sp³-hybridized carbons (Fsp3) is 0.929. The Labute approximate surface area is 106 Å². The van der Waals surface area contributed by atoms with Crippen LogP contribution in [0.15, 0.2) is 0 Å². The van der Waals surface area contributed by atoms with E-state index in [2.05, 4.69) is 17.6 Å². The third kappa shape index (κ3) is 5.53. The molecule has 1 saturated carbocycles. The van der Waals surface area contributed by atoms with E-state index in [1.807, 2.05) is 20.8 Å². The predicted molar refractivity (Wildman–Crippen MR) is 71.9 cm³/mol. The number of carbonyl (C=O) groups is 1. The zero-order valence-corrected chi connectivity index (χ0v) is 11.8. The molecular formula is C14H28N2O. The Morgan fingerprint density at radius 1 is 1.18 bits per heavy atom. The van der Waals surface area contributed by atoms with E-state index in [1.165, 1.54) is 25.7 Å². The third-order valence-electron chi connectivity index (χ3n) is 3.67. The lowest BCUT2D eigenvalue weighted by atomic mass is 9.83. The molecule has 1 amide bonds. The summed E-state index contributed by atoms with van der Waals surface area (Å²) in [5.74, 6) is 1.78. The minimum atomic E-state index is -0.0725. The number of hydrogen-bond donors (Lipinski definition) is 2. The summed E-state index contributed by atoms with van der Waals surface area (Å²) in [7, 11) is 0. The summed E-state index contributed by atoms with van der Waals surface area (Å²) in [6.07, 6.45) is 5.32. The topological polar surface area (TPSA) is 41.1 Å². The number of hydrogen-bond acceptors (Lipinski definition) is 2. The van der Waals surface area contributed by atoms with E-state index in [9.17, 15) is 4.79 Å². The quantitative estimate of drug-likeness (QED) is 0.774. The lowest BCUT2D eigenvalue weighted by molar-refractivity contribution is -0.123. The lowest BCUT2D eigenvalue weighted by Gasteiger charge is -2.27. The van der Waals surface area contributed by atoms with Gasteiger partial charge in [0.1, 0.15) is 0 Å².